The van der Waals surface area contributed by atoms with E-state index in [0.29, 0.717) is 28.8 Å². The molecule has 1 unspecified atom stereocenters. The van der Waals surface area contributed by atoms with Gasteiger partial charge in [0.1, 0.15) is 5.03 Å². The summed E-state index contributed by atoms with van der Waals surface area (Å²) in [6.45, 7) is 1.53. The van der Waals surface area contributed by atoms with Gasteiger partial charge in [0, 0.05) is 29.6 Å². The quantitative estimate of drug-likeness (QED) is 0.542. The molecule has 1 atom stereocenters. The SMILES string of the molecule is O=C(CSc1nc(=O)n(CC2CCCO2)c2c1CCCC2)Nc1ccc2c(c1)OCO2. The van der Waals surface area contributed by atoms with Gasteiger partial charge in [-0.2, -0.15) is 4.98 Å². The van der Waals surface area contributed by atoms with Crippen molar-refractivity contribution in [3.63, 3.8) is 0 Å². The smallest absolute Gasteiger partial charge is 0.348 e. The number of anilines is 1. The number of hydrogen-bond acceptors (Lipinski definition) is 7. The number of fused-ring (bicyclic) bond motifs is 2. The highest BCUT2D eigenvalue weighted by Gasteiger charge is 2.24. The molecule has 164 valence electrons. The van der Waals surface area contributed by atoms with Gasteiger partial charge < -0.3 is 19.5 Å². The van der Waals surface area contributed by atoms with Crippen molar-refractivity contribution < 1.29 is 19.0 Å². The summed E-state index contributed by atoms with van der Waals surface area (Å²) in [5.74, 6) is 1.32. The number of nitrogens with zero attached hydrogens (tertiary/aromatic N) is 2. The van der Waals surface area contributed by atoms with Gasteiger partial charge in [0.05, 0.1) is 18.4 Å². The van der Waals surface area contributed by atoms with Gasteiger partial charge in [-0.05, 0) is 50.7 Å². The van der Waals surface area contributed by atoms with Crippen LogP contribution in [0.3, 0.4) is 0 Å². The molecule has 2 aromatic rings. The maximum absolute atomic E-state index is 12.8. The third-order valence-electron chi connectivity index (χ3n) is 5.86. The van der Waals surface area contributed by atoms with Gasteiger partial charge in [-0.3, -0.25) is 9.36 Å². The normalized spacial score (nSPS) is 19.3. The third kappa shape index (κ3) is 4.43. The van der Waals surface area contributed by atoms with Crippen LogP contribution in [-0.2, 0) is 28.9 Å². The molecule has 0 bridgehead atoms. The fourth-order valence-corrected chi connectivity index (χ4v) is 5.23. The molecule has 8 nitrogen and oxygen atoms in total. The molecule has 0 radical (unpaired) electrons. The van der Waals surface area contributed by atoms with E-state index in [1.54, 1.807) is 22.8 Å². The first-order valence-corrected chi connectivity index (χ1v) is 11.7. The van der Waals surface area contributed by atoms with E-state index in [1.807, 2.05) is 0 Å². The molecule has 1 N–H and O–H groups in total. The van der Waals surface area contributed by atoms with Crippen molar-refractivity contribution in [2.45, 2.75) is 56.2 Å². The molecule has 5 rings (SSSR count). The fraction of sp³-hybridized carbons (Fsp3) is 0.500. The highest BCUT2D eigenvalue weighted by Crippen LogP contribution is 2.34. The number of carbonyl (C=O) groups is 1. The lowest BCUT2D eigenvalue weighted by molar-refractivity contribution is -0.113. The Labute approximate surface area is 184 Å². The summed E-state index contributed by atoms with van der Waals surface area (Å²) >= 11 is 1.33. The van der Waals surface area contributed by atoms with E-state index in [0.717, 1.165) is 56.4 Å². The topological polar surface area (TPSA) is 91.7 Å². The van der Waals surface area contributed by atoms with Gasteiger partial charge in [-0.1, -0.05) is 11.8 Å². The van der Waals surface area contributed by atoms with Crippen LogP contribution < -0.4 is 20.5 Å². The van der Waals surface area contributed by atoms with Gasteiger partial charge in [0.15, 0.2) is 11.5 Å². The predicted octanol–water partition coefficient (Wildman–Crippen LogP) is 2.76. The summed E-state index contributed by atoms with van der Waals surface area (Å²) in [4.78, 5) is 29.7. The Morgan fingerprint density at radius 3 is 2.94 bits per heavy atom. The van der Waals surface area contributed by atoms with E-state index in [4.69, 9.17) is 14.2 Å². The maximum Gasteiger partial charge on any atom is 0.348 e. The average molecular weight is 444 g/mol. The largest absolute Gasteiger partial charge is 0.454 e. The number of nitrogens with one attached hydrogen (secondary N) is 1. The van der Waals surface area contributed by atoms with Crippen molar-refractivity contribution >= 4 is 23.4 Å². The van der Waals surface area contributed by atoms with Gasteiger partial charge >= 0.3 is 5.69 Å². The summed E-state index contributed by atoms with van der Waals surface area (Å²) in [5, 5.41) is 3.56. The zero-order chi connectivity index (χ0) is 21.2. The van der Waals surface area contributed by atoms with E-state index < -0.39 is 0 Å². The second-order valence-electron chi connectivity index (χ2n) is 7.98. The number of thioether (sulfide) groups is 1. The number of aromatic nitrogens is 2. The van der Waals surface area contributed by atoms with Crippen LogP contribution in [0.25, 0.3) is 0 Å². The molecule has 3 heterocycles. The number of benzene rings is 1. The second-order valence-corrected chi connectivity index (χ2v) is 8.95. The van der Waals surface area contributed by atoms with Crippen molar-refractivity contribution in [2.75, 3.05) is 24.5 Å². The Morgan fingerprint density at radius 2 is 2.06 bits per heavy atom. The van der Waals surface area contributed by atoms with Gasteiger partial charge in [-0.15, -0.1) is 0 Å². The number of rotatable bonds is 6. The lowest BCUT2D eigenvalue weighted by Crippen LogP contribution is -2.34. The molecule has 1 aliphatic carbocycles. The molecule has 1 amide bonds. The zero-order valence-corrected chi connectivity index (χ0v) is 18.0. The average Bonchev–Trinajstić information content (AvgIpc) is 3.46. The lowest BCUT2D eigenvalue weighted by atomic mass is 9.97. The molecule has 0 saturated carbocycles. The minimum Gasteiger partial charge on any atom is -0.454 e. The van der Waals surface area contributed by atoms with Crippen molar-refractivity contribution in [3.8, 4) is 11.5 Å². The monoisotopic (exact) mass is 443 g/mol. The van der Waals surface area contributed by atoms with Crippen molar-refractivity contribution in [3.05, 3.63) is 39.9 Å². The predicted molar refractivity (Wildman–Crippen MR) is 116 cm³/mol. The molecule has 9 heteroatoms. The van der Waals surface area contributed by atoms with Crippen LogP contribution in [0.15, 0.2) is 28.0 Å². The Morgan fingerprint density at radius 1 is 1.19 bits per heavy atom. The van der Waals surface area contributed by atoms with Gasteiger partial charge in [0.2, 0.25) is 12.7 Å². The second kappa shape index (κ2) is 8.92. The van der Waals surface area contributed by atoms with E-state index in [1.165, 1.54) is 11.8 Å². The first kappa shape index (κ1) is 20.4. The third-order valence-corrected chi connectivity index (χ3v) is 6.87. The summed E-state index contributed by atoms with van der Waals surface area (Å²) in [6, 6.07) is 5.30. The number of ether oxygens (including phenoxy) is 3. The molecule has 2 aliphatic heterocycles. The standard InChI is InChI=1S/C22H25N3O5S/c26-20(23-14-7-8-18-19(10-14)30-13-29-18)12-31-21-16-5-1-2-6-17(16)25(22(27)24-21)11-15-4-3-9-28-15/h7-8,10,15H,1-6,9,11-13H2,(H,23,26). The summed E-state index contributed by atoms with van der Waals surface area (Å²) < 4.78 is 18.2. The zero-order valence-electron chi connectivity index (χ0n) is 17.2. The minimum absolute atomic E-state index is 0.0940. The van der Waals surface area contributed by atoms with Gasteiger partial charge in [-0.25, -0.2) is 4.79 Å². The molecule has 1 aromatic carbocycles. The van der Waals surface area contributed by atoms with Crippen LogP contribution in [0.4, 0.5) is 5.69 Å². The van der Waals surface area contributed by atoms with Crippen LogP contribution in [0, 0.1) is 0 Å². The lowest BCUT2D eigenvalue weighted by Gasteiger charge is -2.24. The van der Waals surface area contributed by atoms with Crippen LogP contribution >= 0.6 is 11.8 Å². The van der Waals surface area contributed by atoms with E-state index in [-0.39, 0.29) is 30.2 Å². The molecule has 0 spiro atoms. The van der Waals surface area contributed by atoms with Crippen LogP contribution in [0.5, 0.6) is 11.5 Å². The molecule has 1 aromatic heterocycles. The summed E-state index contributed by atoms with van der Waals surface area (Å²) in [7, 11) is 0. The summed E-state index contributed by atoms with van der Waals surface area (Å²) in [6.07, 6.45) is 6.02. The summed E-state index contributed by atoms with van der Waals surface area (Å²) in [5.41, 5.74) is 2.59. The van der Waals surface area contributed by atoms with Crippen LogP contribution in [-0.4, -0.2) is 40.7 Å². The molecule has 3 aliphatic rings. The van der Waals surface area contributed by atoms with Crippen LogP contribution in [0.1, 0.15) is 36.9 Å². The molecule has 31 heavy (non-hydrogen) atoms. The molecule has 1 saturated heterocycles. The van der Waals surface area contributed by atoms with Crippen LogP contribution in [0.2, 0.25) is 0 Å². The minimum atomic E-state index is -0.241. The van der Waals surface area contributed by atoms with Crippen molar-refractivity contribution in [1.29, 1.82) is 0 Å². The van der Waals surface area contributed by atoms with E-state index >= 15 is 0 Å². The highest BCUT2D eigenvalue weighted by atomic mass is 32.2. The molecule has 1 fully saturated rings. The fourth-order valence-electron chi connectivity index (χ4n) is 4.35. The van der Waals surface area contributed by atoms with E-state index in [9.17, 15) is 9.59 Å². The number of carbonyl (C=O) groups excluding carboxylic acids is 1. The van der Waals surface area contributed by atoms with Gasteiger partial charge in [0.25, 0.3) is 0 Å². The highest BCUT2D eigenvalue weighted by molar-refractivity contribution is 8.00. The number of amides is 1. The van der Waals surface area contributed by atoms with Crippen molar-refractivity contribution in [1.82, 2.24) is 9.55 Å². The van der Waals surface area contributed by atoms with Crippen molar-refractivity contribution in [2.24, 2.45) is 0 Å². The maximum atomic E-state index is 12.8. The molecular formula is C22H25N3O5S. The first-order valence-electron chi connectivity index (χ1n) is 10.7. The number of hydrogen-bond donors (Lipinski definition) is 1. The Balaban J connectivity index is 1.29. The Kier molecular flexibility index (Phi) is 5.87. The first-order chi connectivity index (χ1) is 15.2. The Bertz CT molecular complexity index is 1050. The van der Waals surface area contributed by atoms with E-state index in [2.05, 4.69) is 10.3 Å². The Hall–Kier alpha value is -2.52. The molecular weight excluding hydrogens is 418 g/mol.